The first kappa shape index (κ1) is 11.0. The van der Waals surface area contributed by atoms with Crippen molar-refractivity contribution in [2.75, 3.05) is 13.8 Å². The van der Waals surface area contributed by atoms with E-state index in [1.807, 2.05) is 19.1 Å². The minimum atomic E-state index is -0.482. The van der Waals surface area contributed by atoms with E-state index in [9.17, 15) is 9.18 Å². The molecule has 2 atom stereocenters. The van der Waals surface area contributed by atoms with Gasteiger partial charge < -0.3 is 4.74 Å². The molecule has 0 spiro atoms. The van der Waals surface area contributed by atoms with Crippen molar-refractivity contribution >= 4 is 5.97 Å². The number of halogens is 1. The highest BCUT2D eigenvalue weighted by atomic mass is 19.1. The van der Waals surface area contributed by atoms with E-state index in [4.69, 9.17) is 0 Å². The van der Waals surface area contributed by atoms with Gasteiger partial charge in [0, 0.05) is 0 Å². The molecule has 1 rings (SSSR count). The number of hydrogen-bond donors (Lipinski definition) is 0. The smallest absolute Gasteiger partial charge is 0.309 e. The van der Waals surface area contributed by atoms with Crippen LogP contribution in [0.25, 0.3) is 0 Å². The van der Waals surface area contributed by atoms with Gasteiger partial charge >= 0.3 is 5.97 Å². The van der Waals surface area contributed by atoms with Crippen LogP contribution < -0.4 is 0 Å². The lowest BCUT2D eigenvalue weighted by atomic mass is 10.1. The fraction of sp³-hybridized carbons (Fsp3) is 0.545. The molecule has 0 aliphatic heterocycles. The van der Waals surface area contributed by atoms with Crippen LogP contribution in [0.4, 0.5) is 4.39 Å². The average Bonchev–Trinajstić information content (AvgIpc) is 2.96. The fourth-order valence-corrected chi connectivity index (χ4v) is 1.60. The first-order chi connectivity index (χ1) is 6.74. The van der Waals surface area contributed by atoms with Gasteiger partial charge in [-0.25, -0.2) is 4.39 Å². The number of rotatable bonds is 4. The monoisotopic (exact) mass is 198 g/mol. The number of carbonyl (C=O) groups excluding carboxylic acids is 1. The van der Waals surface area contributed by atoms with Crippen LogP contribution in [0.2, 0.25) is 0 Å². The lowest BCUT2D eigenvalue weighted by molar-refractivity contribution is -0.142. The van der Waals surface area contributed by atoms with Gasteiger partial charge in [0.25, 0.3) is 0 Å². The summed E-state index contributed by atoms with van der Waals surface area (Å²) in [6.45, 7) is 1.39. The van der Waals surface area contributed by atoms with E-state index in [0.29, 0.717) is 0 Å². The summed E-state index contributed by atoms with van der Waals surface area (Å²) >= 11 is 0. The molecule has 2 nitrogen and oxygen atoms in total. The summed E-state index contributed by atoms with van der Waals surface area (Å²) in [7, 11) is 1.38. The van der Waals surface area contributed by atoms with Gasteiger partial charge in [0.1, 0.15) is 6.67 Å². The summed E-state index contributed by atoms with van der Waals surface area (Å²) in [5, 5.41) is 0. The van der Waals surface area contributed by atoms with Gasteiger partial charge in [-0.2, -0.15) is 0 Å². The molecule has 0 N–H and O–H groups in total. The Bertz CT molecular complexity index is 268. The number of alkyl halides is 1. The van der Waals surface area contributed by atoms with E-state index in [-0.39, 0.29) is 17.8 Å². The molecule has 0 bridgehead atoms. The third-order valence-electron chi connectivity index (χ3n) is 2.39. The van der Waals surface area contributed by atoms with Crippen LogP contribution in [-0.4, -0.2) is 19.8 Å². The Hall–Kier alpha value is -1.12. The quantitative estimate of drug-likeness (QED) is 0.511. The van der Waals surface area contributed by atoms with Crippen LogP contribution in [0.1, 0.15) is 13.3 Å². The second-order valence-electron chi connectivity index (χ2n) is 3.33. The fourth-order valence-electron chi connectivity index (χ4n) is 1.60. The molecule has 14 heavy (non-hydrogen) atoms. The Balaban J connectivity index is 2.58. The van der Waals surface area contributed by atoms with Crippen LogP contribution in [0.5, 0.6) is 0 Å². The number of carbonyl (C=O) groups is 1. The van der Waals surface area contributed by atoms with Crippen molar-refractivity contribution < 1.29 is 13.9 Å². The molecule has 0 aromatic heterocycles. The molecular weight excluding hydrogens is 183 g/mol. The molecule has 78 valence electrons. The highest BCUT2D eigenvalue weighted by molar-refractivity contribution is 5.76. The molecule has 2 unspecified atom stereocenters. The molecule has 1 saturated carbocycles. The number of methoxy groups -OCH3 is 1. The molecule has 0 aromatic rings. The van der Waals surface area contributed by atoms with Crippen LogP contribution in [0.15, 0.2) is 23.8 Å². The Kier molecular flexibility index (Phi) is 3.86. The van der Waals surface area contributed by atoms with Crippen molar-refractivity contribution in [2.24, 2.45) is 11.8 Å². The van der Waals surface area contributed by atoms with Gasteiger partial charge in [-0.3, -0.25) is 4.79 Å². The summed E-state index contributed by atoms with van der Waals surface area (Å²) in [4.78, 5) is 11.1. The molecule has 1 aliphatic rings. The molecule has 1 fully saturated rings. The maximum atomic E-state index is 12.1. The summed E-state index contributed by atoms with van der Waals surface area (Å²) in [6, 6.07) is 0. The summed E-state index contributed by atoms with van der Waals surface area (Å²) in [5.41, 5.74) is 0.908. The summed E-state index contributed by atoms with van der Waals surface area (Å²) in [5.74, 6) is -0.0901. The average molecular weight is 198 g/mol. The molecule has 1 aliphatic carbocycles. The zero-order valence-corrected chi connectivity index (χ0v) is 8.50. The highest BCUT2D eigenvalue weighted by Crippen LogP contribution is 2.45. The third kappa shape index (κ3) is 2.44. The Labute approximate surface area is 83.4 Å². The Morgan fingerprint density at radius 3 is 2.79 bits per heavy atom. The maximum Gasteiger partial charge on any atom is 0.309 e. The minimum absolute atomic E-state index is 0.0611. The first-order valence-corrected chi connectivity index (χ1v) is 4.71. The minimum Gasteiger partial charge on any atom is -0.469 e. The van der Waals surface area contributed by atoms with E-state index in [1.54, 1.807) is 0 Å². The van der Waals surface area contributed by atoms with Gasteiger partial charge in [-0.05, 0) is 24.8 Å². The first-order valence-electron chi connectivity index (χ1n) is 4.71. The SMILES string of the molecule is C/C=C\C(=C/CF)C1CC1C(=O)OC. The highest BCUT2D eigenvalue weighted by Gasteiger charge is 2.45. The third-order valence-corrected chi connectivity index (χ3v) is 2.39. The van der Waals surface area contributed by atoms with Gasteiger partial charge in [-0.15, -0.1) is 0 Å². The molecule has 0 saturated heterocycles. The van der Waals surface area contributed by atoms with E-state index < -0.39 is 6.67 Å². The van der Waals surface area contributed by atoms with Crippen LogP contribution >= 0.6 is 0 Å². The van der Waals surface area contributed by atoms with Crippen molar-refractivity contribution in [3.63, 3.8) is 0 Å². The lowest BCUT2D eigenvalue weighted by Crippen LogP contribution is -2.04. The van der Waals surface area contributed by atoms with Crippen LogP contribution in [0, 0.1) is 11.8 Å². The number of ether oxygens (including phenoxy) is 1. The molecule has 0 amide bonds. The van der Waals surface area contributed by atoms with E-state index >= 15 is 0 Å². The lowest BCUT2D eigenvalue weighted by Gasteiger charge is -1.99. The summed E-state index contributed by atoms with van der Waals surface area (Å²) < 4.78 is 16.8. The second kappa shape index (κ2) is 4.94. The largest absolute Gasteiger partial charge is 0.469 e. The van der Waals surface area contributed by atoms with E-state index in [2.05, 4.69) is 4.74 Å². The maximum absolute atomic E-state index is 12.1. The van der Waals surface area contributed by atoms with Crippen molar-refractivity contribution in [1.29, 1.82) is 0 Å². The van der Waals surface area contributed by atoms with E-state index in [0.717, 1.165) is 12.0 Å². The molecule has 0 radical (unpaired) electrons. The van der Waals surface area contributed by atoms with Crippen molar-refractivity contribution in [1.82, 2.24) is 0 Å². The second-order valence-corrected chi connectivity index (χ2v) is 3.33. The predicted molar refractivity (Wildman–Crippen MR) is 52.5 cm³/mol. The molecule has 0 aromatic carbocycles. The predicted octanol–water partition coefficient (Wildman–Crippen LogP) is 2.27. The van der Waals surface area contributed by atoms with Gasteiger partial charge in [0.2, 0.25) is 0 Å². The van der Waals surface area contributed by atoms with Gasteiger partial charge in [0.05, 0.1) is 13.0 Å². The van der Waals surface area contributed by atoms with Gasteiger partial charge in [-0.1, -0.05) is 18.2 Å². The number of hydrogen-bond acceptors (Lipinski definition) is 2. The normalized spacial score (nSPS) is 26.6. The molecule has 0 heterocycles. The summed E-state index contributed by atoms with van der Waals surface area (Å²) in [6.07, 6.45) is 6.01. The molecular formula is C11H15FO2. The zero-order valence-electron chi connectivity index (χ0n) is 8.50. The molecule has 3 heteroatoms. The Morgan fingerprint density at radius 2 is 2.29 bits per heavy atom. The zero-order chi connectivity index (χ0) is 10.6. The number of esters is 1. The van der Waals surface area contributed by atoms with Crippen molar-refractivity contribution in [3.8, 4) is 0 Å². The topological polar surface area (TPSA) is 26.3 Å². The van der Waals surface area contributed by atoms with Crippen LogP contribution in [-0.2, 0) is 9.53 Å². The Morgan fingerprint density at radius 1 is 1.57 bits per heavy atom. The standard InChI is InChI=1S/C11H15FO2/c1-3-4-8(5-6-12)9-7-10(9)11(13)14-2/h3-5,9-10H,6-7H2,1-2H3/b4-3-,8-5+. The number of allylic oxidation sites excluding steroid dienone is 4. The van der Waals surface area contributed by atoms with Gasteiger partial charge in [0.15, 0.2) is 0 Å². The van der Waals surface area contributed by atoms with Crippen molar-refractivity contribution in [3.05, 3.63) is 23.8 Å². The van der Waals surface area contributed by atoms with E-state index in [1.165, 1.54) is 13.2 Å². The van der Waals surface area contributed by atoms with Crippen molar-refractivity contribution in [2.45, 2.75) is 13.3 Å². The van der Waals surface area contributed by atoms with Crippen LogP contribution in [0.3, 0.4) is 0 Å².